The van der Waals surface area contributed by atoms with Gasteiger partial charge in [-0.2, -0.15) is 0 Å². The molecule has 14 heavy (non-hydrogen) atoms. The molecule has 0 radical (unpaired) electrons. The quantitative estimate of drug-likeness (QED) is 0.670. The topological polar surface area (TPSA) is 50.4 Å². The summed E-state index contributed by atoms with van der Waals surface area (Å²) in [6.45, 7) is 3.66. The lowest BCUT2D eigenvalue weighted by atomic mass is 10.2. The Morgan fingerprint density at radius 1 is 1.71 bits per heavy atom. The zero-order valence-corrected chi connectivity index (χ0v) is 9.01. The van der Waals surface area contributed by atoms with Gasteiger partial charge in [-0.3, -0.25) is 4.79 Å². The van der Waals surface area contributed by atoms with E-state index in [4.69, 9.17) is 4.74 Å². The fraction of sp³-hybridized carbons (Fsp3) is 0.900. The maximum Gasteiger partial charge on any atom is 0.237 e. The van der Waals surface area contributed by atoms with E-state index in [-0.39, 0.29) is 18.0 Å². The zero-order chi connectivity index (χ0) is 10.4. The molecule has 1 amide bonds. The summed E-state index contributed by atoms with van der Waals surface area (Å²) in [7, 11) is 1.67. The smallest absolute Gasteiger partial charge is 0.237 e. The fourth-order valence-corrected chi connectivity index (χ4v) is 1.62. The number of nitrogens with one attached hydrogen (secondary N) is 2. The molecule has 1 saturated heterocycles. The molecule has 0 aromatic heterocycles. The van der Waals surface area contributed by atoms with Gasteiger partial charge < -0.3 is 15.4 Å². The minimum absolute atomic E-state index is 0.0278. The van der Waals surface area contributed by atoms with Crippen LogP contribution in [0.15, 0.2) is 0 Å². The lowest BCUT2D eigenvalue weighted by molar-refractivity contribution is -0.123. The highest BCUT2D eigenvalue weighted by Crippen LogP contribution is 2.05. The van der Waals surface area contributed by atoms with E-state index in [1.165, 1.54) is 0 Å². The summed E-state index contributed by atoms with van der Waals surface area (Å²) in [4.78, 5) is 11.6. The number of methoxy groups -OCH3 is 1. The minimum Gasteiger partial charge on any atom is -0.385 e. The number of rotatable bonds is 5. The third-order valence-electron chi connectivity index (χ3n) is 2.52. The minimum atomic E-state index is 0.0278. The van der Waals surface area contributed by atoms with Crippen molar-refractivity contribution in [1.29, 1.82) is 0 Å². The van der Waals surface area contributed by atoms with Crippen LogP contribution < -0.4 is 10.6 Å². The molecule has 0 aromatic rings. The van der Waals surface area contributed by atoms with E-state index in [2.05, 4.69) is 10.6 Å². The molecule has 0 bridgehead atoms. The van der Waals surface area contributed by atoms with E-state index in [1.54, 1.807) is 7.11 Å². The molecule has 4 nitrogen and oxygen atoms in total. The molecule has 1 rings (SSSR count). The van der Waals surface area contributed by atoms with Gasteiger partial charge in [0.25, 0.3) is 0 Å². The Balaban J connectivity index is 2.18. The predicted octanol–water partition coefficient (Wildman–Crippen LogP) is 0.280. The van der Waals surface area contributed by atoms with Crippen molar-refractivity contribution in [2.75, 3.05) is 20.3 Å². The summed E-state index contributed by atoms with van der Waals surface area (Å²) in [6, 6.07) is 0.227. The van der Waals surface area contributed by atoms with Crippen LogP contribution in [0.4, 0.5) is 0 Å². The Morgan fingerprint density at radius 3 is 3.07 bits per heavy atom. The van der Waals surface area contributed by atoms with Gasteiger partial charge in [-0.25, -0.2) is 0 Å². The van der Waals surface area contributed by atoms with Gasteiger partial charge in [0.1, 0.15) is 0 Å². The molecule has 0 aromatic carbocycles. The Morgan fingerprint density at radius 2 is 2.50 bits per heavy atom. The highest BCUT2D eigenvalue weighted by Gasteiger charge is 2.22. The first-order valence-corrected chi connectivity index (χ1v) is 5.26. The summed E-state index contributed by atoms with van der Waals surface area (Å²) in [5.74, 6) is 0.131. The van der Waals surface area contributed by atoms with Crippen LogP contribution in [0.2, 0.25) is 0 Å². The van der Waals surface area contributed by atoms with E-state index >= 15 is 0 Å². The van der Waals surface area contributed by atoms with Crippen LogP contribution in [-0.2, 0) is 9.53 Å². The number of hydrogen-bond donors (Lipinski definition) is 2. The molecule has 1 unspecified atom stereocenters. The molecule has 82 valence electrons. The summed E-state index contributed by atoms with van der Waals surface area (Å²) in [6.07, 6.45) is 2.93. The van der Waals surface area contributed by atoms with Crippen molar-refractivity contribution in [3.05, 3.63) is 0 Å². The Hall–Kier alpha value is -0.610. The molecule has 4 heteroatoms. The van der Waals surface area contributed by atoms with E-state index in [0.29, 0.717) is 6.61 Å². The molecule has 1 heterocycles. The lowest BCUT2D eigenvalue weighted by Gasteiger charge is -2.16. The zero-order valence-electron chi connectivity index (χ0n) is 9.01. The molecule has 2 atom stereocenters. The van der Waals surface area contributed by atoms with Crippen molar-refractivity contribution < 1.29 is 9.53 Å². The van der Waals surface area contributed by atoms with Crippen molar-refractivity contribution >= 4 is 5.91 Å². The molecule has 0 aliphatic carbocycles. The van der Waals surface area contributed by atoms with Crippen molar-refractivity contribution in [3.63, 3.8) is 0 Å². The molecular weight excluding hydrogens is 180 g/mol. The van der Waals surface area contributed by atoms with Crippen molar-refractivity contribution in [1.82, 2.24) is 10.6 Å². The molecule has 1 aliphatic rings. The third-order valence-corrected chi connectivity index (χ3v) is 2.52. The lowest BCUT2D eigenvalue weighted by Crippen LogP contribution is -2.44. The van der Waals surface area contributed by atoms with Gasteiger partial charge >= 0.3 is 0 Å². The number of carbonyl (C=O) groups is 1. The van der Waals surface area contributed by atoms with Gasteiger partial charge in [0, 0.05) is 19.8 Å². The maximum absolute atomic E-state index is 11.6. The molecule has 1 aliphatic heterocycles. The summed E-state index contributed by atoms with van der Waals surface area (Å²) < 4.78 is 4.95. The van der Waals surface area contributed by atoms with Crippen LogP contribution in [-0.4, -0.2) is 38.3 Å². The van der Waals surface area contributed by atoms with Crippen molar-refractivity contribution in [3.8, 4) is 0 Å². The Kier molecular flexibility index (Phi) is 4.90. The van der Waals surface area contributed by atoms with Crippen LogP contribution in [0.1, 0.15) is 26.2 Å². The van der Waals surface area contributed by atoms with Gasteiger partial charge in [-0.1, -0.05) is 0 Å². The fourth-order valence-electron chi connectivity index (χ4n) is 1.62. The van der Waals surface area contributed by atoms with Gasteiger partial charge in [0.2, 0.25) is 5.91 Å². The van der Waals surface area contributed by atoms with Gasteiger partial charge in [-0.05, 0) is 32.7 Å². The standard InChI is InChI=1S/C10H20N2O2/c1-8(5-7-14-2)12-10(13)9-4-3-6-11-9/h8-9,11H,3-7H2,1-2H3,(H,12,13)/t8?,9-/m0/s1. The molecular formula is C10H20N2O2. The Labute approximate surface area is 85.4 Å². The average Bonchev–Trinajstić information content (AvgIpc) is 2.67. The second kappa shape index (κ2) is 5.98. The number of hydrogen-bond acceptors (Lipinski definition) is 3. The van der Waals surface area contributed by atoms with Crippen LogP contribution in [0, 0.1) is 0 Å². The first-order chi connectivity index (χ1) is 6.74. The van der Waals surface area contributed by atoms with Crippen LogP contribution in [0.3, 0.4) is 0 Å². The van der Waals surface area contributed by atoms with Crippen LogP contribution >= 0.6 is 0 Å². The largest absolute Gasteiger partial charge is 0.385 e. The van der Waals surface area contributed by atoms with Gasteiger partial charge in [0.15, 0.2) is 0 Å². The Bertz CT molecular complexity index is 179. The number of carbonyl (C=O) groups excluding carboxylic acids is 1. The predicted molar refractivity (Wildman–Crippen MR) is 55.1 cm³/mol. The molecule has 1 fully saturated rings. The van der Waals surface area contributed by atoms with Crippen LogP contribution in [0.25, 0.3) is 0 Å². The van der Waals surface area contributed by atoms with E-state index in [9.17, 15) is 4.79 Å². The van der Waals surface area contributed by atoms with Gasteiger partial charge in [0.05, 0.1) is 6.04 Å². The summed E-state index contributed by atoms with van der Waals surface area (Å²) in [5.41, 5.74) is 0. The van der Waals surface area contributed by atoms with E-state index < -0.39 is 0 Å². The third kappa shape index (κ3) is 3.64. The average molecular weight is 200 g/mol. The SMILES string of the molecule is COCCC(C)NC(=O)[C@@H]1CCCN1. The molecule has 0 saturated carbocycles. The molecule has 0 spiro atoms. The van der Waals surface area contributed by atoms with Crippen molar-refractivity contribution in [2.45, 2.75) is 38.3 Å². The van der Waals surface area contributed by atoms with E-state index in [1.807, 2.05) is 6.92 Å². The number of ether oxygens (including phenoxy) is 1. The summed E-state index contributed by atoms with van der Waals surface area (Å²) >= 11 is 0. The van der Waals surface area contributed by atoms with Crippen LogP contribution in [0.5, 0.6) is 0 Å². The van der Waals surface area contributed by atoms with Gasteiger partial charge in [-0.15, -0.1) is 0 Å². The highest BCUT2D eigenvalue weighted by atomic mass is 16.5. The second-order valence-corrected chi connectivity index (χ2v) is 3.84. The number of amides is 1. The monoisotopic (exact) mass is 200 g/mol. The summed E-state index contributed by atoms with van der Waals surface area (Å²) in [5, 5.41) is 6.15. The highest BCUT2D eigenvalue weighted by molar-refractivity contribution is 5.82. The normalized spacial score (nSPS) is 23.4. The molecule has 2 N–H and O–H groups in total. The maximum atomic E-state index is 11.6. The van der Waals surface area contributed by atoms with E-state index in [0.717, 1.165) is 25.8 Å². The second-order valence-electron chi connectivity index (χ2n) is 3.84. The van der Waals surface area contributed by atoms with Crippen molar-refractivity contribution in [2.24, 2.45) is 0 Å². The first-order valence-electron chi connectivity index (χ1n) is 5.26. The first kappa shape index (κ1) is 11.5.